The van der Waals surface area contributed by atoms with Crippen LogP contribution < -0.4 is 0 Å². The summed E-state index contributed by atoms with van der Waals surface area (Å²) in [5.74, 6) is 0.166. The highest BCUT2D eigenvalue weighted by atomic mass is 32.2. The Balaban J connectivity index is 1.80. The summed E-state index contributed by atoms with van der Waals surface area (Å²) in [6.45, 7) is 2.29. The molecule has 2 aromatic rings. The fraction of sp³-hybridized carbons (Fsp3) is 0.438. The highest BCUT2D eigenvalue weighted by molar-refractivity contribution is 7.99. The molecule has 9 heteroatoms. The van der Waals surface area contributed by atoms with Gasteiger partial charge in [-0.05, 0) is 31.5 Å². The van der Waals surface area contributed by atoms with Crippen LogP contribution in [0.1, 0.15) is 23.1 Å². The van der Waals surface area contributed by atoms with Crippen LogP contribution in [-0.2, 0) is 17.1 Å². The van der Waals surface area contributed by atoms with E-state index in [-0.39, 0.29) is 22.4 Å². The molecule has 0 aliphatic carbocycles. The summed E-state index contributed by atoms with van der Waals surface area (Å²) in [6, 6.07) is 3.39. The minimum absolute atomic E-state index is 0.0212. The second-order valence-corrected chi connectivity index (χ2v) is 9.15. The summed E-state index contributed by atoms with van der Waals surface area (Å²) in [6.07, 6.45) is 1.91. The lowest BCUT2D eigenvalue weighted by Crippen LogP contribution is -2.33. The standard InChI is InChI=1S/C16H19F2N3O2S2/c1-11-19-16(10-20(11)2)25(22,23)21-6-5-15(24-8-7-21)13-9-12(17)3-4-14(13)18/h3-4,9-10,15H,5-8H2,1-2H3. The number of benzene rings is 1. The molecule has 136 valence electrons. The molecule has 1 saturated heterocycles. The summed E-state index contributed by atoms with van der Waals surface area (Å²) < 4.78 is 56.0. The van der Waals surface area contributed by atoms with E-state index in [9.17, 15) is 17.2 Å². The van der Waals surface area contributed by atoms with E-state index in [0.717, 1.165) is 12.1 Å². The van der Waals surface area contributed by atoms with Gasteiger partial charge in [-0.1, -0.05) is 0 Å². The number of aryl methyl sites for hydroxylation is 2. The van der Waals surface area contributed by atoms with Gasteiger partial charge < -0.3 is 4.57 Å². The van der Waals surface area contributed by atoms with E-state index in [1.165, 1.54) is 28.3 Å². The molecule has 1 aliphatic rings. The number of hydrogen-bond donors (Lipinski definition) is 0. The Morgan fingerprint density at radius 3 is 2.72 bits per heavy atom. The number of halogens is 2. The first-order valence-electron chi connectivity index (χ1n) is 7.85. The van der Waals surface area contributed by atoms with E-state index in [1.54, 1.807) is 18.5 Å². The zero-order valence-corrected chi connectivity index (χ0v) is 15.6. The van der Waals surface area contributed by atoms with Gasteiger partial charge in [-0.2, -0.15) is 16.1 Å². The number of thioether (sulfide) groups is 1. The van der Waals surface area contributed by atoms with Crippen molar-refractivity contribution in [2.75, 3.05) is 18.8 Å². The molecule has 2 heterocycles. The van der Waals surface area contributed by atoms with Crippen molar-refractivity contribution in [3.05, 3.63) is 47.4 Å². The van der Waals surface area contributed by atoms with Crippen LogP contribution in [0.5, 0.6) is 0 Å². The lowest BCUT2D eigenvalue weighted by molar-refractivity contribution is 0.424. The van der Waals surface area contributed by atoms with Crippen LogP contribution in [0.25, 0.3) is 0 Å². The van der Waals surface area contributed by atoms with Crippen LogP contribution in [-0.4, -0.2) is 41.1 Å². The molecule has 1 fully saturated rings. The van der Waals surface area contributed by atoms with E-state index in [4.69, 9.17) is 0 Å². The topological polar surface area (TPSA) is 55.2 Å². The third-order valence-electron chi connectivity index (χ3n) is 4.30. The van der Waals surface area contributed by atoms with Gasteiger partial charge in [-0.3, -0.25) is 0 Å². The van der Waals surface area contributed by atoms with E-state index in [0.29, 0.717) is 24.5 Å². The van der Waals surface area contributed by atoms with Gasteiger partial charge in [0.15, 0.2) is 5.03 Å². The zero-order chi connectivity index (χ0) is 18.2. The quantitative estimate of drug-likeness (QED) is 0.813. The molecule has 0 saturated carbocycles. The van der Waals surface area contributed by atoms with Crippen molar-refractivity contribution in [2.45, 2.75) is 23.6 Å². The number of rotatable bonds is 3. The van der Waals surface area contributed by atoms with Crippen molar-refractivity contribution in [3.63, 3.8) is 0 Å². The average Bonchev–Trinajstić information content (AvgIpc) is 2.77. The molecule has 0 amide bonds. The molecule has 0 spiro atoms. The van der Waals surface area contributed by atoms with Gasteiger partial charge >= 0.3 is 0 Å². The molecule has 1 aromatic heterocycles. The second kappa shape index (κ2) is 7.05. The third-order valence-corrected chi connectivity index (χ3v) is 7.38. The first-order chi connectivity index (χ1) is 11.8. The molecular formula is C16H19F2N3O2S2. The molecule has 25 heavy (non-hydrogen) atoms. The van der Waals surface area contributed by atoms with E-state index < -0.39 is 21.7 Å². The van der Waals surface area contributed by atoms with Crippen LogP contribution in [0.2, 0.25) is 0 Å². The first kappa shape index (κ1) is 18.3. The SMILES string of the molecule is Cc1nc(S(=O)(=O)N2CCSC(c3cc(F)ccc3F)CC2)cn1C. The van der Waals surface area contributed by atoms with Crippen LogP contribution in [0.4, 0.5) is 8.78 Å². The normalized spacial score (nSPS) is 19.8. The van der Waals surface area contributed by atoms with Crippen LogP contribution in [0.15, 0.2) is 29.4 Å². The number of aromatic nitrogens is 2. The van der Waals surface area contributed by atoms with E-state index >= 15 is 0 Å². The molecule has 0 bridgehead atoms. The Labute approximate surface area is 150 Å². The van der Waals surface area contributed by atoms with Gasteiger partial charge in [0, 0.05) is 42.9 Å². The van der Waals surface area contributed by atoms with Gasteiger partial charge in [-0.15, -0.1) is 0 Å². The minimum Gasteiger partial charge on any atom is -0.337 e. The van der Waals surface area contributed by atoms with Gasteiger partial charge in [0.25, 0.3) is 10.0 Å². The maximum atomic E-state index is 14.0. The molecule has 3 rings (SSSR count). The Bertz CT molecular complexity index is 864. The van der Waals surface area contributed by atoms with Gasteiger partial charge in [-0.25, -0.2) is 22.2 Å². The summed E-state index contributed by atoms with van der Waals surface area (Å²) >= 11 is 1.45. The average molecular weight is 387 g/mol. The first-order valence-corrected chi connectivity index (χ1v) is 10.3. The molecule has 1 atom stereocenters. The lowest BCUT2D eigenvalue weighted by atomic mass is 10.1. The Hall–Kier alpha value is -1.45. The highest BCUT2D eigenvalue weighted by Gasteiger charge is 2.31. The van der Waals surface area contributed by atoms with Crippen LogP contribution in [0.3, 0.4) is 0 Å². The fourth-order valence-electron chi connectivity index (χ4n) is 2.78. The fourth-order valence-corrected chi connectivity index (χ4v) is 5.62. The van der Waals surface area contributed by atoms with Crippen molar-refractivity contribution < 1.29 is 17.2 Å². The van der Waals surface area contributed by atoms with E-state index in [1.807, 2.05) is 0 Å². The number of hydrogen-bond acceptors (Lipinski definition) is 4. The monoisotopic (exact) mass is 387 g/mol. The Kier molecular flexibility index (Phi) is 5.17. The minimum atomic E-state index is -3.69. The summed E-state index contributed by atoms with van der Waals surface area (Å²) in [7, 11) is -1.95. The molecule has 5 nitrogen and oxygen atoms in total. The smallest absolute Gasteiger partial charge is 0.262 e. The molecule has 1 unspecified atom stereocenters. The summed E-state index contributed by atoms with van der Waals surface area (Å²) in [5.41, 5.74) is 0.290. The number of imidazole rings is 1. The predicted octanol–water partition coefficient (Wildman–Crippen LogP) is 2.88. The third kappa shape index (κ3) is 3.73. The molecule has 1 aliphatic heterocycles. The number of sulfonamides is 1. The lowest BCUT2D eigenvalue weighted by Gasteiger charge is -2.18. The van der Waals surface area contributed by atoms with Crippen molar-refractivity contribution in [1.82, 2.24) is 13.9 Å². The molecular weight excluding hydrogens is 368 g/mol. The molecule has 0 N–H and O–H groups in total. The zero-order valence-electron chi connectivity index (χ0n) is 13.9. The van der Waals surface area contributed by atoms with Gasteiger partial charge in [0.2, 0.25) is 0 Å². The van der Waals surface area contributed by atoms with Gasteiger partial charge in [0.05, 0.1) is 0 Å². The van der Waals surface area contributed by atoms with Crippen LogP contribution in [0, 0.1) is 18.6 Å². The largest absolute Gasteiger partial charge is 0.337 e. The van der Waals surface area contributed by atoms with Crippen molar-refractivity contribution in [3.8, 4) is 0 Å². The Morgan fingerprint density at radius 2 is 2.04 bits per heavy atom. The van der Waals surface area contributed by atoms with Crippen molar-refractivity contribution >= 4 is 21.8 Å². The maximum absolute atomic E-state index is 14.0. The molecule has 1 aromatic carbocycles. The second-order valence-electron chi connectivity index (χ2n) is 5.96. The maximum Gasteiger partial charge on any atom is 0.262 e. The Morgan fingerprint density at radius 1 is 1.28 bits per heavy atom. The number of nitrogens with zero attached hydrogens (tertiary/aromatic N) is 3. The molecule has 0 radical (unpaired) electrons. The summed E-state index contributed by atoms with van der Waals surface area (Å²) in [5, 5.41) is -0.255. The predicted molar refractivity (Wildman–Crippen MR) is 92.9 cm³/mol. The van der Waals surface area contributed by atoms with E-state index in [2.05, 4.69) is 4.98 Å². The van der Waals surface area contributed by atoms with Gasteiger partial charge in [0.1, 0.15) is 17.5 Å². The summed E-state index contributed by atoms with van der Waals surface area (Å²) in [4.78, 5) is 4.11. The van der Waals surface area contributed by atoms with Crippen LogP contribution >= 0.6 is 11.8 Å². The van der Waals surface area contributed by atoms with Crippen molar-refractivity contribution in [1.29, 1.82) is 0 Å². The highest BCUT2D eigenvalue weighted by Crippen LogP contribution is 2.37. The van der Waals surface area contributed by atoms with Crippen molar-refractivity contribution in [2.24, 2.45) is 7.05 Å².